The van der Waals surface area contributed by atoms with Crippen molar-refractivity contribution in [2.45, 2.75) is 19.4 Å². The molecule has 0 spiro atoms. The molecule has 1 aromatic carbocycles. The Morgan fingerprint density at radius 3 is 2.79 bits per heavy atom. The largest absolute Gasteiger partial charge is 0.356 e. The predicted octanol–water partition coefficient (Wildman–Crippen LogP) is 3.04. The lowest BCUT2D eigenvalue weighted by Gasteiger charge is -2.18. The Morgan fingerprint density at radius 1 is 1.21 bits per heavy atom. The Morgan fingerprint density at radius 2 is 2.00 bits per heavy atom. The van der Waals surface area contributed by atoms with E-state index in [1.165, 1.54) is 12.8 Å². The van der Waals surface area contributed by atoms with E-state index in [1.807, 2.05) is 24.3 Å². The fourth-order valence-electron chi connectivity index (χ4n) is 2.44. The Balaban J connectivity index is 2.12. The molecule has 0 aliphatic carbocycles. The quantitative estimate of drug-likeness (QED) is 0.479. The summed E-state index contributed by atoms with van der Waals surface area (Å²) in [5.74, 6) is 1.55. The number of hydrogen-bond acceptors (Lipinski definition) is 4. The minimum absolute atomic E-state index is 0.197. The first kappa shape index (κ1) is 11.7. The number of rotatable bonds is 3. The highest BCUT2D eigenvalue weighted by Gasteiger charge is 2.17. The minimum Gasteiger partial charge on any atom is -0.356 e. The molecule has 6 heteroatoms. The van der Waals surface area contributed by atoms with Crippen LogP contribution in [0.5, 0.6) is 0 Å². The van der Waals surface area contributed by atoms with Crippen molar-refractivity contribution in [1.29, 1.82) is 0 Å². The van der Waals surface area contributed by atoms with Crippen LogP contribution in [0.25, 0.3) is 21.3 Å². The van der Waals surface area contributed by atoms with E-state index in [2.05, 4.69) is 24.9 Å². The Labute approximate surface area is 110 Å². The predicted molar refractivity (Wildman–Crippen MR) is 73.8 cm³/mol. The fourth-order valence-corrected chi connectivity index (χ4v) is 2.44. The van der Waals surface area contributed by atoms with Crippen molar-refractivity contribution in [2.75, 3.05) is 18.0 Å². The number of para-hydroxylation sites is 1. The lowest BCUT2D eigenvalue weighted by molar-refractivity contribution is 0.876. The summed E-state index contributed by atoms with van der Waals surface area (Å²) in [4.78, 5) is 14.1. The molecule has 0 bridgehead atoms. The third-order valence-electron chi connectivity index (χ3n) is 3.31. The summed E-state index contributed by atoms with van der Waals surface area (Å²) >= 11 is 0. The molecule has 96 valence electrons. The van der Waals surface area contributed by atoms with Crippen LogP contribution in [0.1, 0.15) is 18.7 Å². The molecule has 0 N–H and O–H groups in total. The van der Waals surface area contributed by atoms with Crippen molar-refractivity contribution in [3.05, 3.63) is 40.5 Å². The zero-order valence-electron chi connectivity index (χ0n) is 10.5. The Kier molecular flexibility index (Phi) is 3.16. The number of aromatic nitrogens is 2. The monoisotopic (exact) mass is 254 g/mol. The van der Waals surface area contributed by atoms with E-state index in [1.54, 1.807) is 0 Å². The molecule has 1 saturated heterocycles. The maximum atomic E-state index is 8.41. The van der Waals surface area contributed by atoms with E-state index in [0.717, 1.165) is 29.8 Å². The molecule has 0 atom stereocenters. The van der Waals surface area contributed by atoms with Gasteiger partial charge in [0.1, 0.15) is 11.6 Å². The number of hydrogen-bond donors (Lipinski definition) is 0. The Bertz CT molecular complexity index is 641. The number of anilines is 1. The molecule has 0 saturated carbocycles. The zero-order valence-corrected chi connectivity index (χ0v) is 10.5. The van der Waals surface area contributed by atoms with Crippen molar-refractivity contribution < 1.29 is 0 Å². The zero-order chi connectivity index (χ0) is 13.1. The average molecular weight is 254 g/mol. The van der Waals surface area contributed by atoms with E-state index < -0.39 is 0 Å². The van der Waals surface area contributed by atoms with Crippen molar-refractivity contribution in [1.82, 2.24) is 9.97 Å². The van der Waals surface area contributed by atoms with Crippen LogP contribution in [-0.2, 0) is 6.54 Å². The number of azide groups is 1. The van der Waals surface area contributed by atoms with Crippen molar-refractivity contribution in [3.8, 4) is 0 Å². The molecule has 19 heavy (non-hydrogen) atoms. The van der Waals surface area contributed by atoms with Gasteiger partial charge in [0, 0.05) is 23.4 Å². The highest BCUT2D eigenvalue weighted by Crippen LogP contribution is 2.26. The molecular formula is C13H14N6. The van der Waals surface area contributed by atoms with E-state index in [0.29, 0.717) is 5.82 Å². The summed E-state index contributed by atoms with van der Waals surface area (Å²) in [5, 5.41) is 4.62. The number of nitrogens with zero attached hydrogens (tertiary/aromatic N) is 6. The first-order chi connectivity index (χ1) is 9.38. The van der Waals surface area contributed by atoms with Crippen LogP contribution in [0, 0.1) is 0 Å². The van der Waals surface area contributed by atoms with Gasteiger partial charge in [0.25, 0.3) is 0 Å². The van der Waals surface area contributed by atoms with Gasteiger partial charge in [0.15, 0.2) is 0 Å². The average Bonchev–Trinajstić information content (AvgIpc) is 2.98. The molecule has 0 radical (unpaired) electrons. The summed E-state index contributed by atoms with van der Waals surface area (Å²) in [6.07, 6.45) is 2.40. The van der Waals surface area contributed by atoms with Gasteiger partial charge in [-0.15, -0.1) is 0 Å². The summed E-state index contributed by atoms with van der Waals surface area (Å²) < 4.78 is 0. The van der Waals surface area contributed by atoms with Gasteiger partial charge >= 0.3 is 0 Å². The molecule has 0 amide bonds. The maximum Gasteiger partial charge on any atom is 0.140 e. The van der Waals surface area contributed by atoms with Crippen molar-refractivity contribution in [3.63, 3.8) is 0 Å². The third-order valence-corrected chi connectivity index (χ3v) is 3.31. The lowest BCUT2D eigenvalue weighted by Crippen LogP contribution is -2.20. The Hall–Kier alpha value is -2.33. The molecule has 6 nitrogen and oxygen atoms in total. The van der Waals surface area contributed by atoms with Gasteiger partial charge < -0.3 is 4.90 Å². The highest BCUT2D eigenvalue weighted by atomic mass is 15.2. The van der Waals surface area contributed by atoms with Gasteiger partial charge in [-0.3, -0.25) is 0 Å². The van der Waals surface area contributed by atoms with Gasteiger partial charge in [-0.1, -0.05) is 17.2 Å². The topological polar surface area (TPSA) is 77.8 Å². The van der Waals surface area contributed by atoms with Gasteiger partial charge in [0.2, 0.25) is 0 Å². The number of benzene rings is 1. The molecular weight excluding hydrogens is 240 g/mol. The van der Waals surface area contributed by atoms with Crippen molar-refractivity contribution >= 4 is 16.7 Å². The SMILES string of the molecule is [N-]=[N+]=NCc1nc(N2CCCC2)c2ccccc2n1. The third kappa shape index (κ3) is 2.30. The molecule has 3 rings (SSSR count). The minimum atomic E-state index is 0.197. The summed E-state index contributed by atoms with van der Waals surface area (Å²) in [6, 6.07) is 7.97. The molecule has 1 aliphatic heterocycles. The van der Waals surface area contributed by atoms with Crippen LogP contribution in [0.15, 0.2) is 29.4 Å². The first-order valence-electron chi connectivity index (χ1n) is 6.40. The molecule has 1 aromatic heterocycles. The normalized spacial score (nSPS) is 14.6. The lowest BCUT2D eigenvalue weighted by atomic mass is 10.2. The van der Waals surface area contributed by atoms with Crippen LogP contribution >= 0.6 is 0 Å². The fraction of sp³-hybridized carbons (Fsp3) is 0.385. The summed E-state index contributed by atoms with van der Waals surface area (Å²) in [5.41, 5.74) is 9.32. The van der Waals surface area contributed by atoms with Crippen LogP contribution in [0.3, 0.4) is 0 Å². The molecule has 2 heterocycles. The number of fused-ring (bicyclic) bond motifs is 1. The van der Waals surface area contributed by atoms with Crippen LogP contribution in [0.4, 0.5) is 5.82 Å². The van der Waals surface area contributed by atoms with Gasteiger partial charge in [-0.2, -0.15) is 0 Å². The second-order valence-corrected chi connectivity index (χ2v) is 4.56. The van der Waals surface area contributed by atoms with E-state index in [-0.39, 0.29) is 6.54 Å². The summed E-state index contributed by atoms with van der Waals surface area (Å²) in [7, 11) is 0. The van der Waals surface area contributed by atoms with Crippen LogP contribution in [-0.4, -0.2) is 23.1 Å². The van der Waals surface area contributed by atoms with E-state index in [4.69, 9.17) is 5.53 Å². The second-order valence-electron chi connectivity index (χ2n) is 4.56. The standard InChI is InChI=1S/C13H14N6/c14-18-15-9-12-16-11-6-2-1-5-10(11)13(17-12)19-7-3-4-8-19/h1-2,5-6H,3-4,7-9H2. The second kappa shape index (κ2) is 5.12. The highest BCUT2D eigenvalue weighted by molar-refractivity contribution is 5.89. The van der Waals surface area contributed by atoms with Gasteiger partial charge in [-0.05, 0) is 30.5 Å². The molecule has 2 aromatic rings. The van der Waals surface area contributed by atoms with Crippen molar-refractivity contribution in [2.24, 2.45) is 5.11 Å². The van der Waals surface area contributed by atoms with E-state index >= 15 is 0 Å². The smallest absolute Gasteiger partial charge is 0.140 e. The van der Waals surface area contributed by atoms with Gasteiger partial charge in [0.05, 0.1) is 12.1 Å². The van der Waals surface area contributed by atoms with E-state index in [9.17, 15) is 0 Å². The molecule has 1 aliphatic rings. The molecule has 1 fully saturated rings. The molecule has 0 unspecified atom stereocenters. The van der Waals surface area contributed by atoms with Crippen LogP contribution in [0.2, 0.25) is 0 Å². The summed E-state index contributed by atoms with van der Waals surface area (Å²) in [6.45, 7) is 2.26. The van der Waals surface area contributed by atoms with Gasteiger partial charge in [-0.25, -0.2) is 9.97 Å². The van der Waals surface area contributed by atoms with Crippen LogP contribution < -0.4 is 4.90 Å². The first-order valence-corrected chi connectivity index (χ1v) is 6.40. The maximum absolute atomic E-state index is 8.41.